The van der Waals surface area contributed by atoms with Crippen LogP contribution in [0.25, 0.3) is 0 Å². The summed E-state index contributed by atoms with van der Waals surface area (Å²) in [6.07, 6.45) is 0.914. The molecule has 1 atom stereocenters. The van der Waals surface area contributed by atoms with Gasteiger partial charge in [0.15, 0.2) is 0 Å². The van der Waals surface area contributed by atoms with Crippen molar-refractivity contribution in [3.8, 4) is 0 Å². The molecule has 2 heteroatoms. The number of nitrogens with two attached hydrogens (primary N) is 1. The topological polar surface area (TPSA) is 29.3 Å². The number of hydrogen-bond donors (Lipinski definition) is 1. The third-order valence-electron chi connectivity index (χ3n) is 3.38. The molecular formula is C17H22N2. The zero-order valence-electron chi connectivity index (χ0n) is 11.7. The summed E-state index contributed by atoms with van der Waals surface area (Å²) >= 11 is 0. The second-order valence-corrected chi connectivity index (χ2v) is 5.12. The van der Waals surface area contributed by atoms with Crippen LogP contribution in [0.1, 0.15) is 11.1 Å². The average molecular weight is 254 g/mol. The Kier molecular flexibility index (Phi) is 4.58. The monoisotopic (exact) mass is 254 g/mol. The van der Waals surface area contributed by atoms with Gasteiger partial charge in [0.1, 0.15) is 0 Å². The standard InChI is InChI=1S/C17H22N2/c1-14-8-6-7-11-17(14)19(2)13-16(18)12-15-9-4-3-5-10-15/h3-11,16H,12-13,18H2,1-2H3. The lowest BCUT2D eigenvalue weighted by Gasteiger charge is -2.25. The molecule has 1 unspecified atom stereocenters. The summed E-state index contributed by atoms with van der Waals surface area (Å²) in [5.74, 6) is 0. The van der Waals surface area contributed by atoms with Gasteiger partial charge in [0.05, 0.1) is 0 Å². The molecule has 2 nitrogen and oxygen atoms in total. The molecule has 0 radical (unpaired) electrons. The Hall–Kier alpha value is -1.80. The Morgan fingerprint density at radius 3 is 2.32 bits per heavy atom. The summed E-state index contributed by atoms with van der Waals surface area (Å²) in [4.78, 5) is 2.24. The van der Waals surface area contributed by atoms with Crippen LogP contribution in [0.3, 0.4) is 0 Å². The zero-order valence-corrected chi connectivity index (χ0v) is 11.7. The van der Waals surface area contributed by atoms with Crippen molar-refractivity contribution in [2.75, 3.05) is 18.5 Å². The highest BCUT2D eigenvalue weighted by atomic mass is 15.1. The molecule has 0 aromatic heterocycles. The van der Waals surface area contributed by atoms with Crippen molar-refractivity contribution in [2.45, 2.75) is 19.4 Å². The lowest BCUT2D eigenvalue weighted by Crippen LogP contribution is -2.37. The molecule has 0 aliphatic rings. The predicted octanol–water partition coefficient (Wildman–Crippen LogP) is 3.00. The molecule has 19 heavy (non-hydrogen) atoms. The largest absolute Gasteiger partial charge is 0.373 e. The molecule has 0 aliphatic heterocycles. The minimum Gasteiger partial charge on any atom is -0.373 e. The molecule has 0 saturated heterocycles. The van der Waals surface area contributed by atoms with E-state index in [-0.39, 0.29) is 6.04 Å². The molecule has 2 N–H and O–H groups in total. The molecule has 0 amide bonds. The quantitative estimate of drug-likeness (QED) is 0.888. The van der Waals surface area contributed by atoms with Crippen LogP contribution >= 0.6 is 0 Å². The highest BCUT2D eigenvalue weighted by molar-refractivity contribution is 5.52. The van der Waals surface area contributed by atoms with Crippen LogP contribution in [0.5, 0.6) is 0 Å². The molecule has 0 heterocycles. The maximum Gasteiger partial charge on any atom is 0.0393 e. The number of aryl methyl sites for hydroxylation is 1. The van der Waals surface area contributed by atoms with E-state index in [4.69, 9.17) is 5.73 Å². The fourth-order valence-electron chi connectivity index (χ4n) is 2.42. The van der Waals surface area contributed by atoms with Gasteiger partial charge in [0.2, 0.25) is 0 Å². The zero-order chi connectivity index (χ0) is 13.7. The van der Waals surface area contributed by atoms with Crippen molar-refractivity contribution in [1.29, 1.82) is 0 Å². The average Bonchev–Trinajstić information content (AvgIpc) is 2.40. The van der Waals surface area contributed by atoms with Crippen LogP contribution in [0.4, 0.5) is 5.69 Å². The molecule has 100 valence electrons. The van der Waals surface area contributed by atoms with Crippen LogP contribution < -0.4 is 10.6 Å². The number of nitrogens with zero attached hydrogens (tertiary/aromatic N) is 1. The van der Waals surface area contributed by atoms with Gasteiger partial charge in [0, 0.05) is 25.3 Å². The number of benzene rings is 2. The van der Waals surface area contributed by atoms with Gasteiger partial charge in [-0.1, -0.05) is 48.5 Å². The summed E-state index contributed by atoms with van der Waals surface area (Å²) in [7, 11) is 2.10. The van der Waals surface area contributed by atoms with Gasteiger partial charge < -0.3 is 10.6 Å². The summed E-state index contributed by atoms with van der Waals surface area (Å²) < 4.78 is 0. The maximum atomic E-state index is 6.25. The normalized spacial score (nSPS) is 12.2. The number of rotatable bonds is 5. The van der Waals surface area contributed by atoms with Gasteiger partial charge >= 0.3 is 0 Å². The third-order valence-corrected chi connectivity index (χ3v) is 3.38. The number of likely N-dealkylation sites (N-methyl/N-ethyl adjacent to an activating group) is 1. The second kappa shape index (κ2) is 6.39. The van der Waals surface area contributed by atoms with Crippen molar-refractivity contribution in [3.05, 3.63) is 65.7 Å². The van der Waals surface area contributed by atoms with Crippen molar-refractivity contribution in [2.24, 2.45) is 5.73 Å². The van der Waals surface area contributed by atoms with E-state index in [2.05, 4.69) is 67.4 Å². The molecule has 0 fully saturated rings. The second-order valence-electron chi connectivity index (χ2n) is 5.12. The molecule has 2 aromatic rings. The molecule has 0 bridgehead atoms. The number of anilines is 1. The van der Waals surface area contributed by atoms with Gasteiger partial charge in [0.25, 0.3) is 0 Å². The smallest absolute Gasteiger partial charge is 0.0393 e. The molecule has 2 aromatic carbocycles. The first-order chi connectivity index (χ1) is 9.16. The van der Waals surface area contributed by atoms with Crippen LogP contribution in [0, 0.1) is 6.92 Å². The minimum absolute atomic E-state index is 0.145. The first kappa shape index (κ1) is 13.6. The number of para-hydroxylation sites is 1. The van der Waals surface area contributed by atoms with Gasteiger partial charge in [-0.3, -0.25) is 0 Å². The van der Waals surface area contributed by atoms with Crippen molar-refractivity contribution in [3.63, 3.8) is 0 Å². The fourth-order valence-corrected chi connectivity index (χ4v) is 2.42. The van der Waals surface area contributed by atoms with Crippen LogP contribution in [-0.2, 0) is 6.42 Å². The molecular weight excluding hydrogens is 232 g/mol. The Morgan fingerprint density at radius 1 is 1.00 bits per heavy atom. The van der Waals surface area contributed by atoms with Crippen LogP contribution in [-0.4, -0.2) is 19.6 Å². The first-order valence-corrected chi connectivity index (χ1v) is 6.73. The molecule has 0 saturated carbocycles. The van der Waals surface area contributed by atoms with E-state index >= 15 is 0 Å². The first-order valence-electron chi connectivity index (χ1n) is 6.73. The maximum absolute atomic E-state index is 6.25. The van der Waals surface area contributed by atoms with Crippen LogP contribution in [0.2, 0.25) is 0 Å². The predicted molar refractivity (Wildman–Crippen MR) is 82.6 cm³/mol. The Bertz CT molecular complexity index is 508. The molecule has 2 rings (SSSR count). The highest BCUT2D eigenvalue weighted by Gasteiger charge is 2.09. The van der Waals surface area contributed by atoms with Gasteiger partial charge in [-0.15, -0.1) is 0 Å². The van der Waals surface area contributed by atoms with Crippen LogP contribution in [0.15, 0.2) is 54.6 Å². The summed E-state index contributed by atoms with van der Waals surface area (Å²) in [5, 5.41) is 0. The van der Waals surface area contributed by atoms with E-state index in [1.54, 1.807) is 0 Å². The lowest BCUT2D eigenvalue weighted by atomic mass is 10.1. The van der Waals surface area contributed by atoms with Gasteiger partial charge in [-0.05, 0) is 30.5 Å². The summed E-state index contributed by atoms with van der Waals surface area (Å²) in [5.41, 5.74) is 10.1. The minimum atomic E-state index is 0.145. The third kappa shape index (κ3) is 3.83. The van der Waals surface area contributed by atoms with Gasteiger partial charge in [-0.25, -0.2) is 0 Å². The molecule has 0 spiro atoms. The highest BCUT2D eigenvalue weighted by Crippen LogP contribution is 2.18. The fraction of sp³-hybridized carbons (Fsp3) is 0.294. The summed E-state index contributed by atoms with van der Waals surface area (Å²) in [6.45, 7) is 2.99. The van der Waals surface area contributed by atoms with E-state index < -0.39 is 0 Å². The molecule has 0 aliphatic carbocycles. The Balaban J connectivity index is 1.96. The SMILES string of the molecule is Cc1ccccc1N(C)CC(N)Cc1ccccc1. The van der Waals surface area contributed by atoms with Crippen molar-refractivity contribution < 1.29 is 0 Å². The van der Waals surface area contributed by atoms with E-state index in [9.17, 15) is 0 Å². The summed E-state index contributed by atoms with van der Waals surface area (Å²) in [6, 6.07) is 19.0. The van der Waals surface area contributed by atoms with Crippen molar-refractivity contribution in [1.82, 2.24) is 0 Å². The Morgan fingerprint density at radius 2 is 1.63 bits per heavy atom. The van der Waals surface area contributed by atoms with E-state index in [0.717, 1.165) is 13.0 Å². The lowest BCUT2D eigenvalue weighted by molar-refractivity contribution is 0.655. The van der Waals surface area contributed by atoms with E-state index in [1.165, 1.54) is 16.8 Å². The van der Waals surface area contributed by atoms with Gasteiger partial charge in [-0.2, -0.15) is 0 Å². The van der Waals surface area contributed by atoms with E-state index in [1.807, 2.05) is 6.07 Å². The number of hydrogen-bond acceptors (Lipinski definition) is 2. The van der Waals surface area contributed by atoms with Crippen molar-refractivity contribution >= 4 is 5.69 Å². The Labute approximate surface area is 115 Å². The van der Waals surface area contributed by atoms with E-state index in [0.29, 0.717) is 0 Å².